The van der Waals surface area contributed by atoms with Crippen molar-refractivity contribution in [1.29, 1.82) is 5.26 Å². The van der Waals surface area contributed by atoms with Gasteiger partial charge in [0.1, 0.15) is 29.6 Å². The van der Waals surface area contributed by atoms with Crippen LogP contribution in [-0.4, -0.2) is 51.9 Å². The number of rotatable bonds is 6. The predicted molar refractivity (Wildman–Crippen MR) is 147 cm³/mol. The number of amides is 3. The SMILES string of the molecule is N#Cc1ccnc(N2C(=O)C(O)C[C@H]2C(=O)N(c2cc(F)cc(F)c2)[C@@]2(C(=O)NC3CC(F)(F)C3)CCc3ccccc32)c1. The van der Waals surface area contributed by atoms with Gasteiger partial charge in [-0.25, -0.2) is 22.5 Å². The number of aryl methyl sites for hydroxylation is 1. The second-order valence-electron chi connectivity index (χ2n) is 11.2. The molecule has 2 heterocycles. The molecule has 2 N–H and O–H groups in total. The molecule has 1 saturated carbocycles. The number of pyridine rings is 1. The molecule has 0 radical (unpaired) electrons. The van der Waals surface area contributed by atoms with Crippen LogP contribution in [0.5, 0.6) is 0 Å². The number of nitrogens with zero attached hydrogens (tertiary/aromatic N) is 4. The van der Waals surface area contributed by atoms with Gasteiger partial charge in [-0.15, -0.1) is 0 Å². The van der Waals surface area contributed by atoms with Gasteiger partial charge in [0.15, 0.2) is 5.54 Å². The van der Waals surface area contributed by atoms with Gasteiger partial charge < -0.3 is 10.4 Å². The fourth-order valence-electron chi connectivity index (χ4n) is 6.42. The summed E-state index contributed by atoms with van der Waals surface area (Å²) in [5, 5.41) is 22.6. The highest BCUT2D eigenvalue weighted by molar-refractivity contribution is 6.13. The first-order chi connectivity index (χ1) is 20.9. The molecule has 1 saturated heterocycles. The summed E-state index contributed by atoms with van der Waals surface area (Å²) in [6.45, 7) is 0. The zero-order valence-electron chi connectivity index (χ0n) is 23.0. The minimum atomic E-state index is -2.97. The number of nitrogens with one attached hydrogen (secondary N) is 1. The highest BCUT2D eigenvalue weighted by atomic mass is 19.3. The van der Waals surface area contributed by atoms with Crippen LogP contribution in [0.25, 0.3) is 0 Å². The monoisotopic (exact) mass is 607 g/mol. The number of carbonyl (C=O) groups is 3. The van der Waals surface area contributed by atoms with Gasteiger partial charge in [0.25, 0.3) is 23.6 Å². The Kier molecular flexibility index (Phi) is 7.12. The van der Waals surface area contributed by atoms with E-state index in [1.165, 1.54) is 18.3 Å². The van der Waals surface area contributed by atoms with Gasteiger partial charge in [-0.1, -0.05) is 24.3 Å². The number of aromatic nitrogens is 1. The largest absolute Gasteiger partial charge is 0.383 e. The van der Waals surface area contributed by atoms with Crippen LogP contribution < -0.4 is 15.1 Å². The molecule has 3 aromatic rings. The molecular weight excluding hydrogens is 582 g/mol. The van der Waals surface area contributed by atoms with Crippen molar-refractivity contribution < 1.29 is 37.1 Å². The maximum Gasteiger partial charge on any atom is 0.257 e. The molecule has 3 atom stereocenters. The molecule has 2 aliphatic carbocycles. The number of halogens is 4. The first kappa shape index (κ1) is 29.3. The first-order valence-electron chi connectivity index (χ1n) is 13.9. The number of alkyl halides is 2. The van der Waals surface area contributed by atoms with Crippen LogP contribution in [0.2, 0.25) is 0 Å². The van der Waals surface area contributed by atoms with Gasteiger partial charge >= 0.3 is 0 Å². The van der Waals surface area contributed by atoms with E-state index in [2.05, 4.69) is 10.3 Å². The standard InChI is InChI=1S/C31H25F4N5O4/c32-19-10-20(33)12-22(11-19)40(27(42)24-13-25(41)28(43)39(24)26-9-17(16-36)6-8-37-26)31(7-5-18-3-1-2-4-23(18)31)29(44)38-21-14-30(34,35)15-21/h1-4,6,8-12,21,24-25,41H,5,7,13-15H2,(H,38,44)/t24-,25?,31-/m0/s1. The average molecular weight is 608 g/mol. The van der Waals surface area contributed by atoms with E-state index in [9.17, 15) is 42.3 Å². The summed E-state index contributed by atoms with van der Waals surface area (Å²) in [5.74, 6) is -7.92. The van der Waals surface area contributed by atoms with Crippen molar-refractivity contribution in [2.75, 3.05) is 9.80 Å². The van der Waals surface area contributed by atoms with Crippen molar-refractivity contribution in [2.45, 2.75) is 61.8 Å². The zero-order valence-corrected chi connectivity index (χ0v) is 23.0. The molecule has 226 valence electrons. The molecule has 44 heavy (non-hydrogen) atoms. The lowest BCUT2D eigenvalue weighted by atomic mass is 9.83. The lowest BCUT2D eigenvalue weighted by molar-refractivity contribution is -0.137. The van der Waals surface area contributed by atoms with E-state index in [-0.39, 0.29) is 29.9 Å². The van der Waals surface area contributed by atoms with Crippen LogP contribution >= 0.6 is 0 Å². The number of nitriles is 1. The number of fused-ring (bicyclic) bond motifs is 1. The second kappa shape index (κ2) is 10.7. The summed E-state index contributed by atoms with van der Waals surface area (Å²) < 4.78 is 57.0. The maximum atomic E-state index is 14.8. The number of benzene rings is 2. The third-order valence-electron chi connectivity index (χ3n) is 8.41. The number of aliphatic hydroxyl groups is 1. The van der Waals surface area contributed by atoms with Crippen LogP contribution in [0.4, 0.5) is 29.1 Å². The number of anilines is 2. The smallest absolute Gasteiger partial charge is 0.257 e. The number of hydrogen-bond donors (Lipinski definition) is 2. The lowest BCUT2D eigenvalue weighted by Gasteiger charge is -2.45. The van der Waals surface area contributed by atoms with E-state index >= 15 is 0 Å². The van der Waals surface area contributed by atoms with E-state index in [1.54, 1.807) is 24.3 Å². The molecule has 3 amide bonds. The van der Waals surface area contributed by atoms with Gasteiger partial charge in [-0.2, -0.15) is 5.26 Å². The molecule has 6 rings (SSSR count). The Balaban J connectivity index is 1.52. The molecule has 2 fully saturated rings. The Labute approximate surface area is 248 Å². The first-order valence-corrected chi connectivity index (χ1v) is 13.9. The van der Waals surface area contributed by atoms with Crippen LogP contribution in [0.3, 0.4) is 0 Å². The van der Waals surface area contributed by atoms with E-state index < -0.39 is 78.3 Å². The summed E-state index contributed by atoms with van der Waals surface area (Å²) in [5.41, 5.74) is -1.24. The van der Waals surface area contributed by atoms with Gasteiger partial charge in [-0.05, 0) is 48.2 Å². The molecule has 1 aromatic heterocycles. The Morgan fingerprint density at radius 2 is 1.80 bits per heavy atom. The average Bonchev–Trinajstić information content (AvgIpc) is 3.49. The quantitative estimate of drug-likeness (QED) is 0.414. The highest BCUT2D eigenvalue weighted by Crippen LogP contribution is 2.47. The Bertz CT molecular complexity index is 1700. The van der Waals surface area contributed by atoms with Crippen molar-refractivity contribution in [3.05, 3.63) is 89.1 Å². The summed E-state index contributed by atoms with van der Waals surface area (Å²) in [6, 6.07) is 11.0. The number of hydrogen-bond acceptors (Lipinski definition) is 6. The third kappa shape index (κ3) is 4.85. The van der Waals surface area contributed by atoms with E-state index in [0.29, 0.717) is 17.2 Å². The van der Waals surface area contributed by atoms with E-state index in [1.807, 2.05) is 6.07 Å². The minimum Gasteiger partial charge on any atom is -0.383 e. The van der Waals surface area contributed by atoms with Crippen molar-refractivity contribution in [2.24, 2.45) is 0 Å². The zero-order chi connectivity index (χ0) is 31.4. The number of aliphatic hydroxyl groups excluding tert-OH is 1. The lowest BCUT2D eigenvalue weighted by Crippen LogP contribution is -2.64. The highest BCUT2D eigenvalue weighted by Gasteiger charge is 2.57. The van der Waals surface area contributed by atoms with Crippen molar-refractivity contribution in [3.8, 4) is 6.07 Å². The maximum absolute atomic E-state index is 14.8. The summed E-state index contributed by atoms with van der Waals surface area (Å²) in [7, 11) is 0. The molecule has 1 aliphatic heterocycles. The van der Waals surface area contributed by atoms with Gasteiger partial charge in [0.05, 0.1) is 17.3 Å². The fraction of sp³-hybridized carbons (Fsp3) is 0.323. The summed E-state index contributed by atoms with van der Waals surface area (Å²) in [6.07, 6.45) is -1.93. The molecule has 0 spiro atoms. The van der Waals surface area contributed by atoms with Crippen LogP contribution in [-0.2, 0) is 26.3 Å². The molecule has 9 nitrogen and oxygen atoms in total. The molecule has 1 unspecified atom stereocenters. The topological polar surface area (TPSA) is 127 Å². The van der Waals surface area contributed by atoms with E-state index in [4.69, 9.17) is 0 Å². The Morgan fingerprint density at radius 1 is 1.09 bits per heavy atom. The van der Waals surface area contributed by atoms with Crippen molar-refractivity contribution >= 4 is 29.2 Å². The molecule has 2 aromatic carbocycles. The Morgan fingerprint density at radius 3 is 2.48 bits per heavy atom. The number of carbonyl (C=O) groups excluding carboxylic acids is 3. The molecule has 13 heteroatoms. The van der Waals surface area contributed by atoms with Crippen LogP contribution in [0, 0.1) is 23.0 Å². The van der Waals surface area contributed by atoms with Crippen molar-refractivity contribution in [1.82, 2.24) is 10.3 Å². The molecule has 3 aliphatic rings. The fourth-order valence-corrected chi connectivity index (χ4v) is 6.42. The van der Waals surface area contributed by atoms with Crippen LogP contribution in [0.15, 0.2) is 60.8 Å². The third-order valence-corrected chi connectivity index (χ3v) is 8.41. The summed E-state index contributed by atoms with van der Waals surface area (Å²) >= 11 is 0. The van der Waals surface area contributed by atoms with E-state index in [0.717, 1.165) is 21.9 Å². The summed E-state index contributed by atoms with van der Waals surface area (Å²) in [4.78, 5) is 48.2. The van der Waals surface area contributed by atoms with Gasteiger partial charge in [-0.3, -0.25) is 24.2 Å². The predicted octanol–water partition coefficient (Wildman–Crippen LogP) is 3.49. The second-order valence-corrected chi connectivity index (χ2v) is 11.2. The van der Waals surface area contributed by atoms with Gasteiger partial charge in [0, 0.05) is 37.6 Å². The molecular formula is C31H25F4N5O4. The van der Waals surface area contributed by atoms with Gasteiger partial charge in [0.2, 0.25) is 0 Å². The van der Waals surface area contributed by atoms with Crippen LogP contribution in [0.1, 0.15) is 42.4 Å². The van der Waals surface area contributed by atoms with Crippen molar-refractivity contribution in [3.63, 3.8) is 0 Å². The molecule has 0 bridgehead atoms. The normalized spacial score (nSPS) is 23.9. The Hall–Kier alpha value is -4.83. The minimum absolute atomic E-state index is 0.0729.